The van der Waals surface area contributed by atoms with Crippen LogP contribution in [0.1, 0.15) is 25.0 Å². The predicted octanol–water partition coefficient (Wildman–Crippen LogP) is 2.77. The summed E-state index contributed by atoms with van der Waals surface area (Å²) in [4.78, 5) is 49.5. The molecule has 8 nitrogen and oxygen atoms in total. The summed E-state index contributed by atoms with van der Waals surface area (Å²) in [5.41, 5.74) is 1.55. The number of barbiturate groups is 1. The Morgan fingerprint density at radius 2 is 1.80 bits per heavy atom. The highest BCUT2D eigenvalue weighted by atomic mass is 16.5. The first-order chi connectivity index (χ1) is 14.3. The van der Waals surface area contributed by atoms with E-state index in [-0.39, 0.29) is 5.57 Å². The number of imide groups is 2. The number of carbonyl (C=O) groups is 4. The van der Waals surface area contributed by atoms with Crippen LogP contribution in [-0.2, 0) is 20.8 Å². The van der Waals surface area contributed by atoms with Gasteiger partial charge in [0.1, 0.15) is 11.3 Å². The molecule has 1 aliphatic heterocycles. The van der Waals surface area contributed by atoms with Crippen LogP contribution in [0.5, 0.6) is 5.75 Å². The van der Waals surface area contributed by atoms with Crippen LogP contribution in [-0.4, -0.2) is 35.0 Å². The zero-order valence-electron chi connectivity index (χ0n) is 16.4. The first kappa shape index (κ1) is 20.8. The molecule has 1 fully saturated rings. The van der Waals surface area contributed by atoms with Gasteiger partial charge in [-0.15, -0.1) is 0 Å². The van der Waals surface area contributed by atoms with Crippen molar-refractivity contribution in [2.24, 2.45) is 0 Å². The number of para-hydroxylation sites is 1. The molecule has 1 saturated heterocycles. The summed E-state index contributed by atoms with van der Waals surface area (Å²) in [5, 5.41) is 11.1. The second-order valence-corrected chi connectivity index (χ2v) is 6.61. The second-order valence-electron chi connectivity index (χ2n) is 6.61. The predicted molar refractivity (Wildman–Crippen MR) is 109 cm³/mol. The van der Waals surface area contributed by atoms with Gasteiger partial charge in [-0.05, 0) is 48.7 Å². The van der Waals surface area contributed by atoms with E-state index in [2.05, 4.69) is 5.32 Å². The fourth-order valence-electron chi connectivity index (χ4n) is 2.97. The Labute approximate surface area is 172 Å². The van der Waals surface area contributed by atoms with E-state index in [9.17, 15) is 19.2 Å². The number of anilines is 1. The highest BCUT2D eigenvalue weighted by Crippen LogP contribution is 2.26. The fraction of sp³-hybridized carbons (Fsp3) is 0.182. The number of aryl methyl sites for hydroxylation is 1. The lowest BCUT2D eigenvalue weighted by Gasteiger charge is -2.28. The van der Waals surface area contributed by atoms with Crippen molar-refractivity contribution in [3.8, 4) is 5.75 Å². The van der Waals surface area contributed by atoms with Gasteiger partial charge in [0, 0.05) is 0 Å². The van der Waals surface area contributed by atoms with Gasteiger partial charge >= 0.3 is 12.0 Å². The Hall–Kier alpha value is -3.94. The third-order valence-corrected chi connectivity index (χ3v) is 4.57. The van der Waals surface area contributed by atoms with Crippen LogP contribution >= 0.6 is 0 Å². The number of aliphatic carboxylic acids is 1. The Morgan fingerprint density at radius 3 is 2.43 bits per heavy atom. The molecule has 2 aromatic carbocycles. The zero-order chi connectivity index (χ0) is 21.8. The van der Waals surface area contributed by atoms with E-state index < -0.39 is 29.9 Å². The molecule has 1 aliphatic rings. The van der Waals surface area contributed by atoms with E-state index in [1.807, 2.05) is 19.1 Å². The van der Waals surface area contributed by atoms with Gasteiger partial charge in [0.2, 0.25) is 0 Å². The molecule has 0 unspecified atom stereocenters. The lowest BCUT2D eigenvalue weighted by Crippen LogP contribution is -2.54. The van der Waals surface area contributed by atoms with Crippen LogP contribution in [0.2, 0.25) is 0 Å². The van der Waals surface area contributed by atoms with Crippen LogP contribution in [0.3, 0.4) is 0 Å². The van der Waals surface area contributed by atoms with Crippen LogP contribution in [0.15, 0.2) is 54.1 Å². The number of carboxylic acids is 1. The largest absolute Gasteiger partial charge is 0.479 e. The lowest BCUT2D eigenvalue weighted by molar-refractivity contribution is -0.144. The second kappa shape index (κ2) is 8.60. The van der Waals surface area contributed by atoms with Crippen molar-refractivity contribution in [2.75, 3.05) is 4.90 Å². The number of carboxylic acid groups (broad SMARTS) is 1. The molecule has 1 heterocycles. The Balaban J connectivity index is 1.90. The van der Waals surface area contributed by atoms with Crippen molar-refractivity contribution in [3.63, 3.8) is 0 Å². The van der Waals surface area contributed by atoms with Crippen molar-refractivity contribution in [1.29, 1.82) is 0 Å². The van der Waals surface area contributed by atoms with Crippen LogP contribution < -0.4 is 15.0 Å². The summed E-state index contributed by atoms with van der Waals surface area (Å²) in [7, 11) is 0. The average Bonchev–Trinajstić information content (AvgIpc) is 2.72. The van der Waals surface area contributed by atoms with E-state index in [4.69, 9.17) is 9.84 Å². The molecular weight excluding hydrogens is 388 g/mol. The third-order valence-electron chi connectivity index (χ3n) is 4.57. The summed E-state index contributed by atoms with van der Waals surface area (Å²) in [6.07, 6.45) is 0.963. The van der Waals surface area contributed by atoms with E-state index in [0.29, 0.717) is 23.4 Å². The molecule has 0 radical (unpaired) electrons. The molecule has 4 amide bonds. The van der Waals surface area contributed by atoms with E-state index in [1.54, 1.807) is 24.3 Å². The highest BCUT2D eigenvalue weighted by molar-refractivity contribution is 6.39. The number of nitrogens with one attached hydrogen (secondary N) is 1. The molecule has 8 heteroatoms. The Bertz CT molecular complexity index is 1040. The first-order valence-corrected chi connectivity index (χ1v) is 9.30. The Morgan fingerprint density at radius 1 is 1.13 bits per heavy atom. The van der Waals surface area contributed by atoms with Crippen molar-refractivity contribution in [3.05, 3.63) is 65.2 Å². The van der Waals surface area contributed by atoms with E-state index >= 15 is 0 Å². The minimum Gasteiger partial charge on any atom is -0.479 e. The van der Waals surface area contributed by atoms with Gasteiger partial charge in [-0.3, -0.25) is 14.9 Å². The van der Waals surface area contributed by atoms with Gasteiger partial charge in [-0.1, -0.05) is 37.3 Å². The molecule has 0 saturated carbocycles. The third kappa shape index (κ3) is 4.22. The molecule has 0 bridgehead atoms. The SMILES string of the molecule is CCc1ccccc1N1C(=O)NC(=O)/C(=C\c2ccc(O[C@@H](C)C(=O)O)cc2)C1=O. The normalized spacial score (nSPS) is 16.4. The topological polar surface area (TPSA) is 113 Å². The molecule has 0 aliphatic carbocycles. The number of benzene rings is 2. The molecule has 1 atom stereocenters. The standard InChI is InChI=1S/C22H20N2O6/c1-3-15-6-4-5-7-18(15)24-20(26)17(19(25)23-22(24)29)12-14-8-10-16(11-9-14)30-13(2)21(27)28/h4-13H,3H2,1-2H3,(H,27,28)(H,23,25,29)/b17-12+/t13-/m0/s1. The highest BCUT2D eigenvalue weighted by Gasteiger charge is 2.37. The summed E-state index contributed by atoms with van der Waals surface area (Å²) in [6.45, 7) is 3.31. The summed E-state index contributed by atoms with van der Waals surface area (Å²) in [5.74, 6) is -2.26. The van der Waals surface area contributed by atoms with Crippen molar-refractivity contribution in [1.82, 2.24) is 5.32 Å². The molecular formula is C22H20N2O6. The van der Waals surface area contributed by atoms with E-state index in [1.165, 1.54) is 25.1 Å². The first-order valence-electron chi connectivity index (χ1n) is 9.30. The maximum absolute atomic E-state index is 13.0. The van der Waals surface area contributed by atoms with Gasteiger partial charge < -0.3 is 9.84 Å². The fourth-order valence-corrected chi connectivity index (χ4v) is 2.97. The van der Waals surface area contributed by atoms with Gasteiger partial charge in [-0.25, -0.2) is 14.5 Å². The van der Waals surface area contributed by atoms with Crippen molar-refractivity contribution in [2.45, 2.75) is 26.4 Å². The zero-order valence-corrected chi connectivity index (χ0v) is 16.4. The number of urea groups is 1. The van der Waals surface area contributed by atoms with Gasteiger partial charge in [0.05, 0.1) is 5.69 Å². The van der Waals surface area contributed by atoms with Crippen LogP contribution in [0.25, 0.3) is 6.08 Å². The number of carbonyl (C=O) groups excluding carboxylic acids is 3. The molecule has 0 spiro atoms. The Kier molecular flexibility index (Phi) is 5.96. The number of nitrogens with zero attached hydrogens (tertiary/aromatic N) is 1. The average molecular weight is 408 g/mol. The molecule has 2 aromatic rings. The summed E-state index contributed by atoms with van der Waals surface area (Å²) >= 11 is 0. The minimum atomic E-state index is -1.09. The maximum atomic E-state index is 13.0. The summed E-state index contributed by atoms with van der Waals surface area (Å²) in [6, 6.07) is 12.4. The molecule has 3 rings (SSSR count). The molecule has 154 valence electrons. The van der Waals surface area contributed by atoms with E-state index in [0.717, 1.165) is 10.5 Å². The molecule has 0 aromatic heterocycles. The lowest BCUT2D eigenvalue weighted by atomic mass is 10.0. The van der Waals surface area contributed by atoms with Crippen LogP contribution in [0.4, 0.5) is 10.5 Å². The number of ether oxygens (including phenoxy) is 1. The van der Waals surface area contributed by atoms with Crippen LogP contribution in [0, 0.1) is 0 Å². The number of rotatable bonds is 6. The maximum Gasteiger partial charge on any atom is 0.344 e. The van der Waals surface area contributed by atoms with Gasteiger partial charge in [0.25, 0.3) is 11.8 Å². The van der Waals surface area contributed by atoms with Crippen molar-refractivity contribution < 1.29 is 29.0 Å². The number of amides is 4. The summed E-state index contributed by atoms with van der Waals surface area (Å²) < 4.78 is 5.26. The monoisotopic (exact) mass is 408 g/mol. The number of hydrogen-bond donors (Lipinski definition) is 2. The molecule has 30 heavy (non-hydrogen) atoms. The number of hydrogen-bond acceptors (Lipinski definition) is 5. The minimum absolute atomic E-state index is 0.187. The smallest absolute Gasteiger partial charge is 0.344 e. The van der Waals surface area contributed by atoms with Crippen molar-refractivity contribution >= 4 is 35.6 Å². The molecule has 2 N–H and O–H groups in total. The van der Waals surface area contributed by atoms with Gasteiger partial charge in [-0.2, -0.15) is 0 Å². The van der Waals surface area contributed by atoms with Gasteiger partial charge in [0.15, 0.2) is 6.10 Å². The quantitative estimate of drug-likeness (QED) is 0.561.